The molecule has 13 heavy (non-hydrogen) atoms. The molecule has 88 valence electrons. The van der Waals surface area contributed by atoms with Crippen molar-refractivity contribution in [1.82, 2.24) is 0 Å². The summed E-state index contributed by atoms with van der Waals surface area (Å²) in [6, 6.07) is 0. The molecule has 0 aromatic rings. The van der Waals surface area contributed by atoms with Crippen molar-refractivity contribution >= 4 is 0 Å². The lowest BCUT2D eigenvalue weighted by Crippen LogP contribution is -0.856. The topological polar surface area (TPSA) is 0 Å². The van der Waals surface area contributed by atoms with Gasteiger partial charge in [0.15, 0.2) is 0 Å². The summed E-state index contributed by atoms with van der Waals surface area (Å²) in [7, 11) is 0. The quantitative estimate of drug-likeness (QED) is 0.422. The second kappa shape index (κ2) is 161. The zero-order valence-electron chi connectivity index (χ0n) is 12.1. The lowest BCUT2D eigenvalue weighted by atomic mass is 11.0. The van der Waals surface area contributed by atoms with Crippen LogP contribution in [0.15, 0.2) is 0 Å². The molecule has 0 heterocycles. The fraction of sp³-hybridized carbons (Fsp3) is 1.00. The van der Waals surface area contributed by atoms with Gasteiger partial charge in [0.25, 0.3) is 0 Å². The predicted molar refractivity (Wildman–Crippen MR) is 70.6 cm³/mol. The summed E-state index contributed by atoms with van der Waals surface area (Å²) in [6.07, 6.45) is 4.50. The maximum absolute atomic E-state index is 2.00. The summed E-state index contributed by atoms with van der Waals surface area (Å²) in [5.41, 5.74) is 0. The van der Waals surface area contributed by atoms with Crippen LogP contribution in [-0.4, -0.2) is 0 Å². The zero-order valence-corrected chi connectivity index (χ0v) is 12.1. The summed E-state index contributed by atoms with van der Waals surface area (Å²) >= 11 is 0. The number of rotatable bonds is 0. The van der Waals surface area contributed by atoms with E-state index in [1.807, 2.05) is 69.2 Å². The standard InChI is InChI=1S/C3H6.5C2H6/c1-2-3-1;5*1-2/h1-3H2;5*1-2H3. The molecule has 0 aromatic heterocycles. The molecular formula is C13H36. The highest BCUT2D eigenvalue weighted by Crippen LogP contribution is 2.14. The van der Waals surface area contributed by atoms with E-state index in [0.717, 1.165) is 0 Å². The van der Waals surface area contributed by atoms with Crippen LogP contribution in [0.4, 0.5) is 0 Å². The molecule has 0 atom stereocenters. The monoisotopic (exact) mass is 192 g/mol. The van der Waals surface area contributed by atoms with Crippen molar-refractivity contribution in [3.63, 3.8) is 0 Å². The van der Waals surface area contributed by atoms with E-state index in [1.54, 1.807) is 0 Å². The van der Waals surface area contributed by atoms with Gasteiger partial charge in [-0.25, -0.2) is 0 Å². The van der Waals surface area contributed by atoms with Crippen molar-refractivity contribution in [2.45, 2.75) is 88.5 Å². The zero-order chi connectivity index (χ0) is 12.1. The van der Waals surface area contributed by atoms with E-state index in [-0.39, 0.29) is 0 Å². The highest BCUT2D eigenvalue weighted by atomic mass is 14.0. The van der Waals surface area contributed by atoms with E-state index < -0.39 is 0 Å². The SMILES string of the molecule is C1CC1.CC.CC.CC.CC.CC. The average Bonchev–Trinajstić information content (AvgIpc) is 3.19. The van der Waals surface area contributed by atoms with E-state index in [4.69, 9.17) is 0 Å². The second-order valence-electron chi connectivity index (χ2n) is 1.06. The minimum Gasteiger partial charge on any atom is -0.0683 e. The summed E-state index contributed by atoms with van der Waals surface area (Å²) < 4.78 is 0. The molecule has 1 rings (SSSR count). The van der Waals surface area contributed by atoms with Gasteiger partial charge in [-0.15, -0.1) is 0 Å². The van der Waals surface area contributed by atoms with Crippen molar-refractivity contribution in [2.75, 3.05) is 0 Å². The van der Waals surface area contributed by atoms with Gasteiger partial charge in [0, 0.05) is 0 Å². The molecule has 0 aliphatic heterocycles. The Hall–Kier alpha value is 0. The van der Waals surface area contributed by atoms with E-state index in [0.29, 0.717) is 0 Å². The molecular weight excluding hydrogens is 156 g/mol. The molecule has 0 bridgehead atoms. The molecule has 1 aliphatic carbocycles. The van der Waals surface area contributed by atoms with E-state index in [1.165, 1.54) is 19.3 Å². The molecule has 0 saturated heterocycles. The summed E-state index contributed by atoms with van der Waals surface area (Å²) in [5.74, 6) is 0. The van der Waals surface area contributed by atoms with Crippen LogP contribution >= 0.6 is 0 Å². The lowest BCUT2D eigenvalue weighted by Gasteiger charge is -1.07. The van der Waals surface area contributed by atoms with Gasteiger partial charge in [0.05, 0.1) is 0 Å². The van der Waals surface area contributed by atoms with Crippen molar-refractivity contribution < 1.29 is 0 Å². The van der Waals surface area contributed by atoms with Crippen molar-refractivity contribution in [3.8, 4) is 0 Å². The first-order valence-electron chi connectivity index (χ1n) is 6.50. The Morgan fingerprint density at radius 1 is 0.308 bits per heavy atom. The second-order valence-corrected chi connectivity index (χ2v) is 1.06. The molecule has 1 saturated carbocycles. The molecule has 0 spiro atoms. The first-order valence-corrected chi connectivity index (χ1v) is 6.50. The first kappa shape index (κ1) is 29.2. The molecule has 0 amide bonds. The predicted octanol–water partition coefficient (Wildman–Crippen LogP) is 6.30. The van der Waals surface area contributed by atoms with E-state index in [9.17, 15) is 0 Å². The third kappa shape index (κ3) is 1200. The Labute approximate surface area is 89.1 Å². The van der Waals surface area contributed by atoms with Crippen LogP contribution in [0, 0.1) is 0 Å². The van der Waals surface area contributed by atoms with Crippen molar-refractivity contribution in [2.24, 2.45) is 0 Å². The van der Waals surface area contributed by atoms with Gasteiger partial charge < -0.3 is 0 Å². The van der Waals surface area contributed by atoms with Gasteiger partial charge in [0.1, 0.15) is 0 Å². The number of hydrogen-bond donors (Lipinski definition) is 0. The smallest absolute Gasteiger partial charge is 0.0533 e. The van der Waals surface area contributed by atoms with Crippen LogP contribution in [-0.2, 0) is 0 Å². The average molecular weight is 192 g/mol. The van der Waals surface area contributed by atoms with Crippen LogP contribution < -0.4 is 0 Å². The van der Waals surface area contributed by atoms with Gasteiger partial charge in [-0.05, 0) is 0 Å². The molecule has 0 heteroatoms. The highest BCUT2D eigenvalue weighted by Gasteiger charge is 1.95. The fourth-order valence-electron chi connectivity index (χ4n) is 0. The Kier molecular flexibility index (Phi) is 363. The van der Waals surface area contributed by atoms with Gasteiger partial charge in [0.2, 0.25) is 0 Å². The maximum atomic E-state index is 2.00. The van der Waals surface area contributed by atoms with Gasteiger partial charge in [-0.2, -0.15) is 0 Å². The van der Waals surface area contributed by atoms with Crippen molar-refractivity contribution in [3.05, 3.63) is 0 Å². The normalized spacial score (nSPS) is 7.85. The van der Waals surface area contributed by atoms with Gasteiger partial charge >= 0.3 is 0 Å². The van der Waals surface area contributed by atoms with Crippen molar-refractivity contribution in [1.29, 1.82) is 0 Å². The van der Waals surface area contributed by atoms with Gasteiger partial charge in [-0.1, -0.05) is 88.5 Å². The Balaban J connectivity index is -0.0000000201. The Morgan fingerprint density at radius 2 is 0.385 bits per heavy atom. The minimum atomic E-state index is 1.50. The molecule has 0 unspecified atom stereocenters. The van der Waals surface area contributed by atoms with Crippen LogP contribution in [0.2, 0.25) is 0 Å². The van der Waals surface area contributed by atoms with E-state index >= 15 is 0 Å². The lowest BCUT2D eigenvalue weighted by molar-refractivity contribution is 1.50. The van der Waals surface area contributed by atoms with E-state index in [2.05, 4.69) is 0 Å². The van der Waals surface area contributed by atoms with Gasteiger partial charge in [-0.3, -0.25) is 0 Å². The van der Waals surface area contributed by atoms with Crippen LogP contribution in [0.25, 0.3) is 0 Å². The Bertz CT molecular complexity index is 4.75. The first-order chi connectivity index (χ1) is 6.50. The highest BCUT2D eigenvalue weighted by molar-refractivity contribution is 4.50. The summed E-state index contributed by atoms with van der Waals surface area (Å²) in [4.78, 5) is 0. The molecule has 0 radical (unpaired) electrons. The van der Waals surface area contributed by atoms with Crippen LogP contribution in [0.3, 0.4) is 0 Å². The molecule has 0 nitrogen and oxygen atoms in total. The molecule has 1 fully saturated rings. The minimum absolute atomic E-state index is 1.50. The molecule has 0 aromatic carbocycles. The number of hydrogen-bond acceptors (Lipinski definition) is 0. The summed E-state index contributed by atoms with van der Waals surface area (Å²) in [6.45, 7) is 20.0. The molecule has 0 N–H and O–H groups in total. The fourth-order valence-corrected chi connectivity index (χ4v) is 0. The third-order valence-corrected chi connectivity index (χ3v) is 0.354. The van der Waals surface area contributed by atoms with Crippen LogP contribution in [0.1, 0.15) is 88.5 Å². The largest absolute Gasteiger partial charge is 0.0683 e. The third-order valence-electron chi connectivity index (χ3n) is 0.354. The van der Waals surface area contributed by atoms with Crippen LogP contribution in [0.5, 0.6) is 0 Å². The Morgan fingerprint density at radius 3 is 0.385 bits per heavy atom. The molecule has 1 aliphatic rings. The maximum Gasteiger partial charge on any atom is -0.0533 e. The summed E-state index contributed by atoms with van der Waals surface area (Å²) in [5, 5.41) is 0.